The normalized spacial score (nSPS) is 24.4. The molecule has 0 saturated carbocycles. The van der Waals surface area contributed by atoms with Gasteiger partial charge in [0.1, 0.15) is 17.9 Å². The van der Waals surface area contributed by atoms with Gasteiger partial charge < -0.3 is 15.0 Å². The number of carbonyl (C=O) groups is 3. The smallest absolute Gasteiger partial charge is 0.255 e. The second-order valence-electron chi connectivity index (χ2n) is 9.79. The van der Waals surface area contributed by atoms with Gasteiger partial charge in [0.15, 0.2) is 0 Å². The summed E-state index contributed by atoms with van der Waals surface area (Å²) in [5, 5.41) is 5.26. The van der Waals surface area contributed by atoms with Gasteiger partial charge in [-0.05, 0) is 42.2 Å². The molecule has 0 bridgehead atoms. The van der Waals surface area contributed by atoms with E-state index in [0.29, 0.717) is 30.7 Å². The maximum Gasteiger partial charge on any atom is 0.255 e. The number of halogens is 2. The molecule has 0 spiro atoms. The Morgan fingerprint density at radius 3 is 2.65 bits per heavy atom. The van der Waals surface area contributed by atoms with Crippen molar-refractivity contribution in [3.8, 4) is 5.75 Å². The molecule has 3 amide bonds. The van der Waals surface area contributed by atoms with Gasteiger partial charge in [-0.15, -0.1) is 0 Å². The lowest BCUT2D eigenvalue weighted by atomic mass is 10.0. The van der Waals surface area contributed by atoms with Crippen LogP contribution < -0.4 is 15.4 Å². The van der Waals surface area contributed by atoms with Gasteiger partial charge in [0.25, 0.3) is 12.3 Å². The summed E-state index contributed by atoms with van der Waals surface area (Å²) in [4.78, 5) is 40.5. The number of carbonyl (C=O) groups excluding carboxylic acids is 3. The van der Waals surface area contributed by atoms with E-state index in [1.165, 1.54) is 10.5 Å². The third kappa shape index (κ3) is 5.80. The van der Waals surface area contributed by atoms with Crippen molar-refractivity contribution < 1.29 is 27.9 Å². The molecule has 2 aromatic carbocycles. The first-order chi connectivity index (χ1) is 17.9. The average molecular weight is 513 g/mol. The molecule has 10 heteroatoms. The first kappa shape index (κ1) is 25.3. The highest BCUT2D eigenvalue weighted by Crippen LogP contribution is 2.31. The highest BCUT2D eigenvalue weighted by atomic mass is 19.3. The molecule has 2 N–H and O–H groups in total. The van der Waals surface area contributed by atoms with E-state index >= 15 is 0 Å². The van der Waals surface area contributed by atoms with Gasteiger partial charge in [0.2, 0.25) is 11.8 Å². The molecule has 3 heterocycles. The Bertz CT molecular complexity index is 1160. The lowest BCUT2D eigenvalue weighted by molar-refractivity contribution is -0.136. The van der Waals surface area contributed by atoms with Crippen LogP contribution in [0.1, 0.15) is 40.7 Å². The quantitative estimate of drug-likeness (QED) is 0.528. The highest BCUT2D eigenvalue weighted by Gasteiger charge is 2.39. The van der Waals surface area contributed by atoms with Crippen LogP contribution in [0.15, 0.2) is 48.5 Å². The first-order valence-corrected chi connectivity index (χ1v) is 12.6. The number of piperidine rings is 2. The number of ether oxygens (including phenoxy) is 1. The number of nitrogens with zero attached hydrogens (tertiary/aromatic N) is 2. The van der Waals surface area contributed by atoms with Crippen LogP contribution in [0.2, 0.25) is 0 Å². The van der Waals surface area contributed by atoms with Crippen molar-refractivity contribution in [2.75, 3.05) is 19.6 Å². The van der Waals surface area contributed by atoms with Crippen molar-refractivity contribution in [2.45, 2.75) is 57.0 Å². The minimum Gasteiger partial charge on any atom is -0.487 e. The molecule has 37 heavy (non-hydrogen) atoms. The zero-order valence-electron chi connectivity index (χ0n) is 20.4. The van der Waals surface area contributed by atoms with Crippen molar-refractivity contribution in [1.29, 1.82) is 0 Å². The Balaban J connectivity index is 1.29. The summed E-state index contributed by atoms with van der Waals surface area (Å²) >= 11 is 0. The second-order valence-corrected chi connectivity index (χ2v) is 9.79. The van der Waals surface area contributed by atoms with Crippen LogP contribution >= 0.6 is 0 Å². The molecule has 0 aliphatic carbocycles. The number of alkyl halides is 2. The Morgan fingerprint density at radius 2 is 1.89 bits per heavy atom. The lowest BCUT2D eigenvalue weighted by Gasteiger charge is -2.39. The standard InChI is InChI=1S/C27H30F2N4O4/c28-24(29)13-30-21-10-11-32(14-17-4-2-1-3-5-17)16-23(21)37-19-6-7-20-18(12-19)15-33(27(20)36)22-8-9-25(34)31-26(22)35/h1-7,12,21-24,30H,8-11,13-16H2,(H,31,34,35)/t21-,22?,23-/m1/s1. The van der Waals surface area contributed by atoms with Gasteiger partial charge in [0, 0.05) is 44.2 Å². The summed E-state index contributed by atoms with van der Waals surface area (Å²) in [6, 6.07) is 14.3. The zero-order chi connectivity index (χ0) is 25.9. The predicted octanol–water partition coefficient (Wildman–Crippen LogP) is 2.32. The molecule has 2 aromatic rings. The van der Waals surface area contributed by atoms with Crippen LogP contribution in [0, 0.1) is 0 Å². The van der Waals surface area contributed by atoms with Crippen LogP contribution in [0.5, 0.6) is 5.75 Å². The average Bonchev–Trinajstić information content (AvgIpc) is 3.19. The third-order valence-electron chi connectivity index (χ3n) is 7.21. The van der Waals surface area contributed by atoms with Gasteiger partial charge in [-0.1, -0.05) is 30.3 Å². The number of fused-ring (bicyclic) bond motifs is 1. The van der Waals surface area contributed by atoms with Gasteiger partial charge in [-0.3, -0.25) is 24.6 Å². The number of nitrogens with one attached hydrogen (secondary N) is 2. The summed E-state index contributed by atoms with van der Waals surface area (Å²) in [5.41, 5.74) is 2.41. The van der Waals surface area contributed by atoms with E-state index in [0.717, 1.165) is 18.7 Å². The van der Waals surface area contributed by atoms with Crippen LogP contribution in [0.3, 0.4) is 0 Å². The number of imide groups is 1. The number of amides is 3. The summed E-state index contributed by atoms with van der Waals surface area (Å²) in [5.74, 6) is -0.487. The molecule has 2 saturated heterocycles. The molecule has 3 atom stereocenters. The van der Waals surface area contributed by atoms with E-state index in [9.17, 15) is 23.2 Å². The summed E-state index contributed by atoms with van der Waals surface area (Å²) in [6.07, 6.45) is -1.66. The fourth-order valence-corrected chi connectivity index (χ4v) is 5.36. The second kappa shape index (κ2) is 10.9. The molecule has 196 valence electrons. The lowest BCUT2D eigenvalue weighted by Crippen LogP contribution is -2.55. The molecule has 3 aliphatic rings. The van der Waals surface area contributed by atoms with E-state index in [1.54, 1.807) is 18.2 Å². The van der Waals surface area contributed by atoms with Gasteiger partial charge in [-0.2, -0.15) is 0 Å². The molecule has 8 nitrogen and oxygen atoms in total. The third-order valence-corrected chi connectivity index (χ3v) is 7.21. The fourth-order valence-electron chi connectivity index (χ4n) is 5.36. The molecule has 1 unspecified atom stereocenters. The SMILES string of the molecule is O=C1CCC(N2Cc3cc(O[C@@H]4CN(Cc5ccccc5)CC[C@H]4NCC(F)F)ccc3C2=O)C(=O)N1. The van der Waals surface area contributed by atoms with Crippen molar-refractivity contribution >= 4 is 17.7 Å². The number of hydrogen-bond acceptors (Lipinski definition) is 6. The Kier molecular flexibility index (Phi) is 7.48. The Morgan fingerprint density at radius 1 is 1.08 bits per heavy atom. The van der Waals surface area contributed by atoms with Crippen LogP contribution in [0.25, 0.3) is 0 Å². The first-order valence-electron chi connectivity index (χ1n) is 12.6. The van der Waals surface area contributed by atoms with Crippen LogP contribution in [-0.4, -0.2) is 71.8 Å². The number of rotatable bonds is 8. The van der Waals surface area contributed by atoms with Crippen molar-refractivity contribution in [2.24, 2.45) is 0 Å². The van der Waals surface area contributed by atoms with Crippen molar-refractivity contribution in [1.82, 2.24) is 20.4 Å². The van der Waals surface area contributed by atoms with E-state index in [-0.39, 0.29) is 36.9 Å². The summed E-state index contributed by atoms with van der Waals surface area (Å²) < 4.78 is 32.2. The van der Waals surface area contributed by atoms with Gasteiger partial charge >= 0.3 is 0 Å². The van der Waals surface area contributed by atoms with E-state index in [1.807, 2.05) is 18.2 Å². The van der Waals surface area contributed by atoms with Crippen LogP contribution in [0.4, 0.5) is 8.78 Å². The van der Waals surface area contributed by atoms with Crippen molar-refractivity contribution in [3.63, 3.8) is 0 Å². The minimum absolute atomic E-state index is 0.194. The number of benzene rings is 2. The Labute approximate surface area is 213 Å². The molecule has 3 aliphatic heterocycles. The maximum absolute atomic E-state index is 13.0. The summed E-state index contributed by atoms with van der Waals surface area (Å²) in [6.45, 7) is 1.91. The predicted molar refractivity (Wildman–Crippen MR) is 131 cm³/mol. The molecular formula is C27H30F2N4O4. The van der Waals surface area contributed by atoms with Crippen LogP contribution in [-0.2, 0) is 22.7 Å². The largest absolute Gasteiger partial charge is 0.487 e. The van der Waals surface area contributed by atoms with Gasteiger partial charge in [-0.25, -0.2) is 8.78 Å². The maximum atomic E-state index is 13.0. The number of likely N-dealkylation sites (tertiary alicyclic amines) is 1. The minimum atomic E-state index is -2.45. The summed E-state index contributed by atoms with van der Waals surface area (Å²) in [7, 11) is 0. The van der Waals surface area contributed by atoms with E-state index in [4.69, 9.17) is 4.74 Å². The molecular weight excluding hydrogens is 482 g/mol. The van der Waals surface area contributed by atoms with E-state index in [2.05, 4.69) is 27.7 Å². The Hall–Kier alpha value is -3.37. The van der Waals surface area contributed by atoms with Crippen molar-refractivity contribution in [3.05, 3.63) is 65.2 Å². The fraction of sp³-hybridized carbons (Fsp3) is 0.444. The number of hydrogen-bond donors (Lipinski definition) is 2. The molecule has 0 aromatic heterocycles. The molecule has 2 fully saturated rings. The van der Waals surface area contributed by atoms with Gasteiger partial charge in [0.05, 0.1) is 6.54 Å². The molecule has 5 rings (SSSR count). The van der Waals surface area contributed by atoms with E-state index < -0.39 is 24.9 Å². The monoisotopic (exact) mass is 512 g/mol. The zero-order valence-corrected chi connectivity index (χ0v) is 20.4. The molecule has 0 radical (unpaired) electrons. The topological polar surface area (TPSA) is 91.0 Å². The highest BCUT2D eigenvalue weighted by molar-refractivity contribution is 6.05.